The van der Waals surface area contributed by atoms with E-state index in [-0.39, 0.29) is 24.8 Å². The summed E-state index contributed by atoms with van der Waals surface area (Å²) in [6.07, 6.45) is -0.931. The minimum atomic E-state index is -1.64. The molecule has 0 bridgehead atoms. The Morgan fingerprint density at radius 2 is 2.22 bits per heavy atom. The van der Waals surface area contributed by atoms with Crippen LogP contribution in [0.15, 0.2) is 17.3 Å². The Labute approximate surface area is 157 Å². The standard InChI is InChI=1S/C17H27N5O5/c1-3-9(2)12(20)15(25)27-7-10-6-17(8-18,14(24)13(10)23)22-5-4-11(19)21-16(22)26/h4-5,9-10,12-14,16,23-24,26H,3,6-7,20H2,1-2H3,(H2,19,21)/t9?,10-,12+,13?,14?,16?,17+/m1/s1. The summed E-state index contributed by atoms with van der Waals surface area (Å²) in [5.74, 6) is -1.30. The molecule has 1 fully saturated rings. The Bertz CT molecular complexity index is 663. The average Bonchev–Trinajstić information content (AvgIpc) is 2.90. The van der Waals surface area contributed by atoms with Crippen LogP contribution in [0.3, 0.4) is 0 Å². The van der Waals surface area contributed by atoms with Crippen molar-refractivity contribution in [3.63, 3.8) is 0 Å². The number of carbonyl (C=O) groups is 1. The molecule has 2 rings (SSSR count). The topological polar surface area (TPSA) is 178 Å². The fraction of sp³-hybridized carbons (Fsp3) is 0.706. The van der Waals surface area contributed by atoms with E-state index < -0.39 is 42.0 Å². The number of nitrogens with two attached hydrogens (primary N) is 2. The number of esters is 1. The van der Waals surface area contributed by atoms with Crippen LogP contribution in [-0.2, 0) is 9.53 Å². The van der Waals surface area contributed by atoms with Crippen molar-refractivity contribution in [1.29, 1.82) is 5.26 Å². The van der Waals surface area contributed by atoms with Gasteiger partial charge in [-0.3, -0.25) is 4.79 Å². The summed E-state index contributed by atoms with van der Waals surface area (Å²) < 4.78 is 5.21. The highest BCUT2D eigenvalue weighted by molar-refractivity contribution is 5.91. The van der Waals surface area contributed by atoms with Crippen molar-refractivity contribution >= 4 is 11.8 Å². The molecule has 0 aromatic carbocycles. The lowest BCUT2D eigenvalue weighted by atomic mass is 9.93. The lowest BCUT2D eigenvalue weighted by Crippen LogP contribution is -2.57. The van der Waals surface area contributed by atoms with Crippen LogP contribution in [0.2, 0.25) is 0 Å². The molecule has 1 aliphatic heterocycles. The van der Waals surface area contributed by atoms with Gasteiger partial charge in [0.25, 0.3) is 0 Å². The van der Waals surface area contributed by atoms with Crippen molar-refractivity contribution in [2.75, 3.05) is 6.61 Å². The van der Waals surface area contributed by atoms with E-state index in [1.54, 1.807) is 0 Å². The number of aliphatic hydroxyl groups excluding tert-OH is 3. The van der Waals surface area contributed by atoms with Crippen molar-refractivity contribution < 1.29 is 24.9 Å². The number of hydrogen-bond donors (Lipinski definition) is 5. The second kappa shape index (κ2) is 8.22. The molecule has 2 aliphatic rings. The third-order valence-corrected chi connectivity index (χ3v) is 5.41. The number of carbonyl (C=O) groups excluding carboxylic acids is 1. The largest absolute Gasteiger partial charge is 0.464 e. The lowest BCUT2D eigenvalue weighted by molar-refractivity contribution is -0.149. The van der Waals surface area contributed by atoms with Crippen LogP contribution in [0.25, 0.3) is 0 Å². The molecule has 10 heteroatoms. The molecule has 0 aromatic rings. The zero-order chi connectivity index (χ0) is 20.4. The summed E-state index contributed by atoms with van der Waals surface area (Å²) in [5.41, 5.74) is 9.70. The van der Waals surface area contributed by atoms with Crippen LogP contribution in [0, 0.1) is 23.2 Å². The fourth-order valence-corrected chi connectivity index (χ4v) is 3.35. The van der Waals surface area contributed by atoms with Gasteiger partial charge >= 0.3 is 5.97 Å². The molecule has 1 saturated carbocycles. The molecule has 10 nitrogen and oxygen atoms in total. The van der Waals surface area contributed by atoms with Crippen molar-refractivity contribution in [3.05, 3.63) is 12.3 Å². The number of ether oxygens (including phenoxy) is 1. The van der Waals surface area contributed by atoms with E-state index in [0.717, 1.165) is 4.90 Å². The lowest BCUT2D eigenvalue weighted by Gasteiger charge is -2.40. The van der Waals surface area contributed by atoms with Gasteiger partial charge in [0, 0.05) is 12.1 Å². The number of rotatable bonds is 6. The van der Waals surface area contributed by atoms with Gasteiger partial charge in [0.05, 0.1) is 18.8 Å². The van der Waals surface area contributed by atoms with Gasteiger partial charge < -0.3 is 36.4 Å². The highest BCUT2D eigenvalue weighted by Crippen LogP contribution is 2.41. The molecule has 0 spiro atoms. The van der Waals surface area contributed by atoms with Crippen molar-refractivity contribution in [2.24, 2.45) is 28.3 Å². The molecule has 0 saturated heterocycles. The van der Waals surface area contributed by atoms with Crippen molar-refractivity contribution in [2.45, 2.75) is 56.8 Å². The molecule has 4 unspecified atom stereocenters. The van der Waals surface area contributed by atoms with Crippen molar-refractivity contribution in [1.82, 2.24) is 4.90 Å². The first-order chi connectivity index (χ1) is 12.7. The fourth-order valence-electron chi connectivity index (χ4n) is 3.35. The molecule has 150 valence electrons. The van der Waals surface area contributed by atoms with Crippen LogP contribution < -0.4 is 11.5 Å². The molecular weight excluding hydrogens is 354 g/mol. The Morgan fingerprint density at radius 1 is 1.56 bits per heavy atom. The quantitative estimate of drug-likeness (QED) is 0.338. The van der Waals surface area contributed by atoms with Crippen LogP contribution >= 0.6 is 0 Å². The van der Waals surface area contributed by atoms with Gasteiger partial charge in [-0.2, -0.15) is 5.26 Å². The first-order valence-electron chi connectivity index (χ1n) is 8.85. The van der Waals surface area contributed by atoms with Gasteiger partial charge in [0.15, 0.2) is 5.54 Å². The summed E-state index contributed by atoms with van der Waals surface area (Å²) in [4.78, 5) is 17.0. The van der Waals surface area contributed by atoms with E-state index in [1.165, 1.54) is 12.3 Å². The van der Waals surface area contributed by atoms with E-state index >= 15 is 0 Å². The van der Waals surface area contributed by atoms with E-state index in [2.05, 4.69) is 4.99 Å². The Morgan fingerprint density at radius 3 is 2.78 bits per heavy atom. The average molecular weight is 381 g/mol. The molecule has 1 aliphatic carbocycles. The van der Waals surface area contributed by atoms with E-state index in [4.69, 9.17) is 16.2 Å². The number of nitriles is 1. The summed E-state index contributed by atoms with van der Waals surface area (Å²) in [5, 5.41) is 40.7. The maximum absolute atomic E-state index is 12.1. The smallest absolute Gasteiger partial charge is 0.323 e. The highest BCUT2D eigenvalue weighted by atomic mass is 16.5. The normalized spacial score (nSPS) is 35.3. The summed E-state index contributed by atoms with van der Waals surface area (Å²) in [6.45, 7) is 3.53. The summed E-state index contributed by atoms with van der Waals surface area (Å²) in [7, 11) is 0. The maximum atomic E-state index is 12.1. The first kappa shape index (κ1) is 21.1. The molecule has 7 N–H and O–H groups in total. The second-order valence-corrected chi connectivity index (χ2v) is 7.10. The Kier molecular flexibility index (Phi) is 6.43. The number of aliphatic hydroxyl groups is 3. The minimum Gasteiger partial charge on any atom is -0.464 e. The van der Waals surface area contributed by atoms with E-state index in [9.17, 15) is 25.4 Å². The SMILES string of the molecule is CCC(C)[C@H](N)C(=O)OC[C@H]1C[C@@](C#N)(N2C=CC(N)=NC2O)C(O)C1O. The summed E-state index contributed by atoms with van der Waals surface area (Å²) >= 11 is 0. The minimum absolute atomic E-state index is 0.0471. The monoisotopic (exact) mass is 381 g/mol. The molecular formula is C17H27N5O5. The second-order valence-electron chi connectivity index (χ2n) is 7.10. The predicted octanol–water partition coefficient (Wildman–Crippen LogP) is -1.63. The number of hydrogen-bond acceptors (Lipinski definition) is 10. The van der Waals surface area contributed by atoms with Gasteiger partial charge in [-0.05, 0) is 18.4 Å². The Hall–Kier alpha value is -2.19. The predicted molar refractivity (Wildman–Crippen MR) is 95.5 cm³/mol. The van der Waals surface area contributed by atoms with Crippen molar-refractivity contribution in [3.8, 4) is 6.07 Å². The summed E-state index contributed by atoms with van der Waals surface area (Å²) in [6, 6.07) is 1.18. The number of nitrogens with zero attached hydrogens (tertiary/aromatic N) is 3. The third-order valence-electron chi connectivity index (χ3n) is 5.41. The molecule has 0 aromatic heterocycles. The van der Waals surface area contributed by atoms with E-state index in [1.807, 2.05) is 19.9 Å². The zero-order valence-electron chi connectivity index (χ0n) is 15.4. The van der Waals surface area contributed by atoms with Crippen LogP contribution in [-0.4, -0.2) is 68.8 Å². The highest BCUT2D eigenvalue weighted by Gasteiger charge is 2.58. The number of aliphatic imine (C=N–C) groups is 1. The maximum Gasteiger partial charge on any atom is 0.323 e. The number of amidine groups is 1. The van der Waals surface area contributed by atoms with Gasteiger partial charge in [-0.1, -0.05) is 20.3 Å². The first-order valence-corrected chi connectivity index (χ1v) is 8.85. The molecule has 7 atom stereocenters. The van der Waals surface area contributed by atoms with Gasteiger partial charge in [-0.25, -0.2) is 4.99 Å². The van der Waals surface area contributed by atoms with Gasteiger partial charge in [0.1, 0.15) is 18.0 Å². The van der Waals surface area contributed by atoms with Gasteiger partial charge in [-0.15, -0.1) is 0 Å². The molecule has 0 amide bonds. The Balaban J connectivity index is 2.11. The van der Waals surface area contributed by atoms with Crippen LogP contribution in [0.5, 0.6) is 0 Å². The van der Waals surface area contributed by atoms with Gasteiger partial charge in [0.2, 0.25) is 6.35 Å². The van der Waals surface area contributed by atoms with Crippen LogP contribution in [0.1, 0.15) is 26.7 Å². The van der Waals surface area contributed by atoms with E-state index in [0.29, 0.717) is 6.42 Å². The van der Waals surface area contributed by atoms with Crippen LogP contribution in [0.4, 0.5) is 0 Å². The molecule has 1 heterocycles. The molecule has 0 radical (unpaired) electrons. The molecule has 27 heavy (non-hydrogen) atoms. The zero-order valence-corrected chi connectivity index (χ0v) is 15.4. The third kappa shape index (κ3) is 3.91.